The first-order chi connectivity index (χ1) is 11.3. The van der Waals surface area contributed by atoms with Crippen molar-refractivity contribution in [3.63, 3.8) is 0 Å². The number of aliphatic imine (C=N–C) groups is 1. The van der Waals surface area contributed by atoms with E-state index in [9.17, 15) is 0 Å². The molecule has 1 aliphatic rings. The van der Waals surface area contributed by atoms with Gasteiger partial charge in [-0.1, -0.05) is 42.4 Å². The predicted molar refractivity (Wildman–Crippen MR) is 92.1 cm³/mol. The van der Waals surface area contributed by atoms with E-state index in [1.807, 2.05) is 43.4 Å². The zero-order valence-corrected chi connectivity index (χ0v) is 13.8. The van der Waals surface area contributed by atoms with E-state index in [1.165, 1.54) is 12.8 Å². The molecule has 5 nitrogen and oxygen atoms in total. The zero-order valence-electron chi connectivity index (χ0n) is 13.8. The summed E-state index contributed by atoms with van der Waals surface area (Å²) in [6, 6.07) is 12.0. The molecule has 0 saturated carbocycles. The number of aromatic nitrogens is 1. The maximum Gasteiger partial charge on any atom is 0.193 e. The van der Waals surface area contributed by atoms with Gasteiger partial charge in [0.25, 0.3) is 0 Å². The van der Waals surface area contributed by atoms with Gasteiger partial charge in [0.2, 0.25) is 0 Å². The fraction of sp³-hybridized carbons (Fsp3) is 0.444. The van der Waals surface area contributed by atoms with Gasteiger partial charge in [0.15, 0.2) is 11.7 Å². The molecule has 122 valence electrons. The molecule has 0 aliphatic carbocycles. The maximum atomic E-state index is 5.44. The molecular formula is C18H24N4O. The third-order valence-corrected chi connectivity index (χ3v) is 4.21. The second-order valence-corrected chi connectivity index (χ2v) is 6.14. The summed E-state index contributed by atoms with van der Waals surface area (Å²) < 4.78 is 5.44. The summed E-state index contributed by atoms with van der Waals surface area (Å²) in [5.41, 5.74) is 1.93. The molecule has 1 fully saturated rings. The lowest BCUT2D eigenvalue weighted by atomic mass is 10.0. The summed E-state index contributed by atoms with van der Waals surface area (Å²) in [7, 11) is 1.83. The number of likely N-dealkylation sites (tertiary alicyclic amines) is 1. The molecule has 1 unspecified atom stereocenters. The second kappa shape index (κ2) is 7.31. The number of nitrogens with zero attached hydrogens (tertiary/aromatic N) is 3. The van der Waals surface area contributed by atoms with Crippen LogP contribution in [0.15, 0.2) is 45.9 Å². The molecule has 2 heterocycles. The van der Waals surface area contributed by atoms with E-state index in [-0.39, 0.29) is 0 Å². The molecule has 1 saturated heterocycles. The van der Waals surface area contributed by atoms with Crippen molar-refractivity contribution in [1.29, 1.82) is 0 Å². The van der Waals surface area contributed by atoms with E-state index in [4.69, 9.17) is 4.52 Å². The van der Waals surface area contributed by atoms with E-state index in [0.29, 0.717) is 6.54 Å². The van der Waals surface area contributed by atoms with Crippen LogP contribution in [0.5, 0.6) is 0 Å². The van der Waals surface area contributed by atoms with Crippen LogP contribution >= 0.6 is 0 Å². The second-order valence-electron chi connectivity index (χ2n) is 6.14. The van der Waals surface area contributed by atoms with E-state index in [0.717, 1.165) is 42.0 Å². The van der Waals surface area contributed by atoms with Crippen molar-refractivity contribution < 1.29 is 4.52 Å². The Hall–Kier alpha value is -2.30. The van der Waals surface area contributed by atoms with Gasteiger partial charge in [-0.3, -0.25) is 4.99 Å². The van der Waals surface area contributed by atoms with E-state index >= 15 is 0 Å². The summed E-state index contributed by atoms with van der Waals surface area (Å²) in [5.74, 6) is 2.46. The van der Waals surface area contributed by atoms with Crippen LogP contribution in [0, 0.1) is 5.92 Å². The Morgan fingerprint density at radius 3 is 2.96 bits per heavy atom. The first-order valence-corrected chi connectivity index (χ1v) is 8.23. The third kappa shape index (κ3) is 3.92. The van der Waals surface area contributed by atoms with Crippen LogP contribution in [0.25, 0.3) is 11.3 Å². The van der Waals surface area contributed by atoms with Crippen molar-refractivity contribution >= 4 is 5.96 Å². The standard InChI is InChI=1S/C18H24N4O/c1-14-7-6-10-22(13-14)18(19-2)20-12-16-11-17(23-21-16)15-8-4-3-5-9-15/h3-5,8-9,11,14H,6-7,10,12-13H2,1-2H3,(H,19,20). The molecule has 5 heteroatoms. The lowest BCUT2D eigenvalue weighted by Gasteiger charge is -2.33. The van der Waals surface area contributed by atoms with Crippen molar-refractivity contribution in [2.24, 2.45) is 10.9 Å². The summed E-state index contributed by atoms with van der Waals surface area (Å²) in [4.78, 5) is 6.73. The maximum absolute atomic E-state index is 5.44. The average Bonchev–Trinajstić information content (AvgIpc) is 3.05. The Labute approximate surface area is 137 Å². The highest BCUT2D eigenvalue weighted by molar-refractivity contribution is 5.80. The Morgan fingerprint density at radius 1 is 1.39 bits per heavy atom. The SMILES string of the molecule is CN=C(NCc1cc(-c2ccccc2)on1)N1CCCC(C)C1. The number of piperidine rings is 1. The van der Waals surface area contributed by atoms with Crippen LogP contribution in [0.4, 0.5) is 0 Å². The number of guanidine groups is 1. The molecule has 23 heavy (non-hydrogen) atoms. The highest BCUT2D eigenvalue weighted by atomic mass is 16.5. The summed E-state index contributed by atoms with van der Waals surface area (Å²) in [6.07, 6.45) is 2.53. The molecule has 0 spiro atoms. The first-order valence-electron chi connectivity index (χ1n) is 8.23. The minimum atomic E-state index is 0.619. The molecule has 0 amide bonds. The Morgan fingerprint density at radius 2 is 2.22 bits per heavy atom. The van der Waals surface area contributed by atoms with Crippen molar-refractivity contribution in [2.75, 3.05) is 20.1 Å². The highest BCUT2D eigenvalue weighted by Crippen LogP contribution is 2.20. The molecule has 0 bridgehead atoms. The average molecular weight is 312 g/mol. The minimum Gasteiger partial charge on any atom is -0.356 e. The topological polar surface area (TPSA) is 53.7 Å². The van der Waals surface area contributed by atoms with Gasteiger partial charge in [0, 0.05) is 31.8 Å². The summed E-state index contributed by atoms with van der Waals surface area (Å²) >= 11 is 0. The Balaban J connectivity index is 1.60. The smallest absolute Gasteiger partial charge is 0.193 e. The van der Waals surface area contributed by atoms with Gasteiger partial charge >= 0.3 is 0 Å². The summed E-state index contributed by atoms with van der Waals surface area (Å²) in [6.45, 7) is 5.04. The largest absolute Gasteiger partial charge is 0.356 e. The van der Waals surface area contributed by atoms with Crippen LogP contribution in [0.1, 0.15) is 25.5 Å². The molecule has 1 aliphatic heterocycles. The fourth-order valence-electron chi connectivity index (χ4n) is 3.02. The van der Waals surface area contributed by atoms with Crippen molar-refractivity contribution in [1.82, 2.24) is 15.4 Å². The van der Waals surface area contributed by atoms with Gasteiger partial charge in [-0.05, 0) is 18.8 Å². The molecule has 3 rings (SSSR count). The summed E-state index contributed by atoms with van der Waals surface area (Å²) in [5, 5.41) is 7.54. The predicted octanol–water partition coefficient (Wildman–Crippen LogP) is 3.15. The van der Waals surface area contributed by atoms with Crippen molar-refractivity contribution in [3.05, 3.63) is 42.1 Å². The number of benzene rings is 1. The third-order valence-electron chi connectivity index (χ3n) is 4.21. The Kier molecular flexibility index (Phi) is 4.95. The number of nitrogens with one attached hydrogen (secondary N) is 1. The van der Waals surface area contributed by atoms with Crippen molar-refractivity contribution in [3.8, 4) is 11.3 Å². The van der Waals surface area contributed by atoms with E-state index in [2.05, 4.69) is 27.3 Å². The molecule has 0 radical (unpaired) electrons. The normalized spacial score (nSPS) is 19.0. The minimum absolute atomic E-state index is 0.619. The van der Waals surface area contributed by atoms with Gasteiger partial charge in [-0.15, -0.1) is 0 Å². The molecule has 2 aromatic rings. The van der Waals surface area contributed by atoms with Crippen LogP contribution in [-0.2, 0) is 6.54 Å². The van der Waals surface area contributed by atoms with Crippen LogP contribution in [0.2, 0.25) is 0 Å². The highest BCUT2D eigenvalue weighted by Gasteiger charge is 2.19. The van der Waals surface area contributed by atoms with Gasteiger partial charge in [-0.25, -0.2) is 0 Å². The first kappa shape index (κ1) is 15.6. The quantitative estimate of drug-likeness (QED) is 0.699. The number of hydrogen-bond acceptors (Lipinski definition) is 3. The van der Waals surface area contributed by atoms with Gasteiger partial charge in [0.05, 0.1) is 6.54 Å². The molecule has 1 atom stereocenters. The molecule has 1 aromatic carbocycles. The zero-order chi connectivity index (χ0) is 16.1. The van der Waals surface area contributed by atoms with E-state index in [1.54, 1.807) is 0 Å². The fourth-order valence-corrected chi connectivity index (χ4v) is 3.02. The Bertz CT molecular complexity index is 650. The lowest BCUT2D eigenvalue weighted by Crippen LogP contribution is -2.45. The van der Waals surface area contributed by atoms with Crippen LogP contribution < -0.4 is 5.32 Å². The van der Waals surface area contributed by atoms with Crippen LogP contribution in [0.3, 0.4) is 0 Å². The van der Waals surface area contributed by atoms with Gasteiger partial charge in [-0.2, -0.15) is 0 Å². The van der Waals surface area contributed by atoms with Gasteiger partial charge in [0.1, 0.15) is 5.69 Å². The van der Waals surface area contributed by atoms with Gasteiger partial charge < -0.3 is 14.7 Å². The van der Waals surface area contributed by atoms with E-state index < -0.39 is 0 Å². The monoisotopic (exact) mass is 312 g/mol. The van der Waals surface area contributed by atoms with Crippen LogP contribution in [-0.4, -0.2) is 36.2 Å². The molecular weight excluding hydrogens is 288 g/mol. The molecule has 1 N–H and O–H groups in total. The number of hydrogen-bond donors (Lipinski definition) is 1. The van der Waals surface area contributed by atoms with Crippen molar-refractivity contribution in [2.45, 2.75) is 26.3 Å². The molecule has 1 aromatic heterocycles. The lowest BCUT2D eigenvalue weighted by molar-refractivity contribution is 0.265. The number of rotatable bonds is 3.